The average molecular weight is 361 g/mol. The van der Waals surface area contributed by atoms with Crippen molar-refractivity contribution in [2.24, 2.45) is 0 Å². The molecular weight excluding hydrogens is 338 g/mol. The minimum Gasteiger partial charge on any atom is -0.350 e. The van der Waals surface area contributed by atoms with Crippen molar-refractivity contribution in [3.63, 3.8) is 0 Å². The highest BCUT2D eigenvalue weighted by molar-refractivity contribution is 5.87. The van der Waals surface area contributed by atoms with Crippen LogP contribution in [0.2, 0.25) is 0 Å². The van der Waals surface area contributed by atoms with Crippen LogP contribution >= 0.6 is 0 Å². The van der Waals surface area contributed by atoms with E-state index in [1.807, 2.05) is 72.3 Å². The van der Waals surface area contributed by atoms with E-state index >= 15 is 0 Å². The Morgan fingerprint density at radius 3 is 2.59 bits per heavy atom. The summed E-state index contributed by atoms with van der Waals surface area (Å²) in [7, 11) is 0. The molecule has 0 aliphatic rings. The molecule has 1 aromatic heterocycles. The summed E-state index contributed by atoms with van der Waals surface area (Å²) in [4.78, 5) is 23.6. The molecule has 0 saturated carbocycles. The van der Waals surface area contributed by atoms with E-state index in [1.165, 1.54) is 6.08 Å². The first kappa shape index (κ1) is 18.5. The molecule has 0 bridgehead atoms. The molecule has 0 spiro atoms. The highest BCUT2D eigenvalue weighted by Gasteiger charge is 2.08. The number of fused-ring (bicyclic) bond motifs is 1. The number of rotatable bonds is 7. The number of nitrogens with one attached hydrogen (secondary N) is 2. The number of amides is 2. The van der Waals surface area contributed by atoms with Gasteiger partial charge in [0.15, 0.2) is 0 Å². The molecule has 5 nitrogen and oxygen atoms in total. The quantitative estimate of drug-likeness (QED) is 0.634. The van der Waals surface area contributed by atoms with Gasteiger partial charge in [-0.1, -0.05) is 49.0 Å². The second kappa shape index (κ2) is 8.36. The van der Waals surface area contributed by atoms with Crippen LogP contribution < -0.4 is 10.6 Å². The van der Waals surface area contributed by atoms with E-state index in [2.05, 4.69) is 17.2 Å². The van der Waals surface area contributed by atoms with E-state index in [0.717, 1.165) is 22.0 Å². The zero-order valence-electron chi connectivity index (χ0n) is 15.3. The molecule has 27 heavy (non-hydrogen) atoms. The largest absolute Gasteiger partial charge is 0.350 e. The second-order valence-electron chi connectivity index (χ2n) is 6.46. The van der Waals surface area contributed by atoms with Crippen LogP contribution in [0, 0.1) is 0 Å². The lowest BCUT2D eigenvalue weighted by Gasteiger charge is -2.14. The Labute approximate surface area is 158 Å². The zero-order chi connectivity index (χ0) is 19.2. The van der Waals surface area contributed by atoms with Gasteiger partial charge in [0.25, 0.3) is 0 Å². The molecule has 1 unspecified atom stereocenters. The van der Waals surface area contributed by atoms with Crippen LogP contribution in [0.25, 0.3) is 10.9 Å². The number of benzene rings is 2. The van der Waals surface area contributed by atoms with E-state index < -0.39 is 0 Å². The molecule has 3 rings (SSSR count). The van der Waals surface area contributed by atoms with Gasteiger partial charge >= 0.3 is 0 Å². The number of nitrogens with zero attached hydrogens (tertiary/aromatic N) is 1. The van der Waals surface area contributed by atoms with Crippen molar-refractivity contribution in [2.45, 2.75) is 26.1 Å². The third-order valence-corrected chi connectivity index (χ3v) is 4.51. The Morgan fingerprint density at radius 2 is 1.85 bits per heavy atom. The lowest BCUT2D eigenvalue weighted by Crippen LogP contribution is -2.27. The van der Waals surface area contributed by atoms with Gasteiger partial charge in [0, 0.05) is 18.3 Å². The number of carbonyl (C=O) groups excluding carboxylic acids is 2. The van der Waals surface area contributed by atoms with Crippen molar-refractivity contribution in [3.05, 3.63) is 84.6 Å². The second-order valence-corrected chi connectivity index (χ2v) is 6.46. The Kier molecular flexibility index (Phi) is 5.71. The molecule has 5 heteroatoms. The maximum Gasteiger partial charge on any atom is 0.243 e. The van der Waals surface area contributed by atoms with E-state index in [0.29, 0.717) is 6.54 Å². The van der Waals surface area contributed by atoms with Crippen molar-refractivity contribution >= 4 is 22.7 Å². The number of carbonyl (C=O) groups is 2. The lowest BCUT2D eigenvalue weighted by atomic mass is 10.1. The third kappa shape index (κ3) is 4.64. The molecule has 0 aliphatic heterocycles. The van der Waals surface area contributed by atoms with Crippen LogP contribution in [-0.2, 0) is 22.7 Å². The van der Waals surface area contributed by atoms with Crippen LogP contribution in [-0.4, -0.2) is 16.4 Å². The molecule has 0 saturated heterocycles. The normalized spacial score (nSPS) is 11.7. The Balaban J connectivity index is 1.54. The van der Waals surface area contributed by atoms with Crippen molar-refractivity contribution < 1.29 is 9.59 Å². The van der Waals surface area contributed by atoms with Crippen molar-refractivity contribution in [1.29, 1.82) is 0 Å². The topological polar surface area (TPSA) is 63.1 Å². The number of para-hydroxylation sites is 1. The maximum atomic E-state index is 12.3. The molecule has 0 aliphatic carbocycles. The van der Waals surface area contributed by atoms with Crippen LogP contribution in [0.3, 0.4) is 0 Å². The molecule has 0 fully saturated rings. The SMILES string of the molecule is C=CC(=O)NC(C)c1ccc(CNC(=O)Cn2ccc3ccccc32)cc1. The molecule has 3 aromatic rings. The van der Waals surface area contributed by atoms with Crippen molar-refractivity contribution in [2.75, 3.05) is 0 Å². The van der Waals surface area contributed by atoms with Gasteiger partial charge in [-0.25, -0.2) is 0 Å². The standard InChI is InChI=1S/C22H23N3O2/c1-3-21(26)24-16(2)18-10-8-17(9-11-18)14-23-22(27)15-25-13-12-19-6-4-5-7-20(19)25/h3-13,16H,1,14-15H2,2H3,(H,23,27)(H,24,26). The summed E-state index contributed by atoms with van der Waals surface area (Å²) in [5.41, 5.74) is 3.05. The van der Waals surface area contributed by atoms with Gasteiger partial charge in [-0.05, 0) is 41.6 Å². The minimum absolute atomic E-state index is 0.0351. The highest BCUT2D eigenvalue weighted by Crippen LogP contribution is 2.15. The predicted molar refractivity (Wildman–Crippen MR) is 107 cm³/mol. The van der Waals surface area contributed by atoms with Gasteiger partial charge in [-0.3, -0.25) is 9.59 Å². The van der Waals surface area contributed by atoms with Gasteiger partial charge in [0.1, 0.15) is 6.54 Å². The van der Waals surface area contributed by atoms with Gasteiger partial charge in [0.05, 0.1) is 6.04 Å². The molecule has 1 heterocycles. The molecule has 138 valence electrons. The first-order valence-corrected chi connectivity index (χ1v) is 8.89. The smallest absolute Gasteiger partial charge is 0.243 e. The summed E-state index contributed by atoms with van der Waals surface area (Å²) in [5.74, 6) is -0.233. The molecule has 2 aromatic carbocycles. The number of hydrogen-bond donors (Lipinski definition) is 2. The minimum atomic E-state index is -0.198. The fourth-order valence-corrected chi connectivity index (χ4v) is 2.97. The summed E-state index contributed by atoms with van der Waals surface area (Å²) in [6.07, 6.45) is 3.19. The maximum absolute atomic E-state index is 12.3. The van der Waals surface area contributed by atoms with E-state index in [4.69, 9.17) is 0 Å². The zero-order valence-corrected chi connectivity index (χ0v) is 15.3. The van der Waals surface area contributed by atoms with Crippen LogP contribution in [0.15, 0.2) is 73.4 Å². The fourth-order valence-electron chi connectivity index (χ4n) is 2.97. The fraction of sp³-hybridized carbons (Fsp3) is 0.182. The van der Waals surface area contributed by atoms with Gasteiger partial charge in [0.2, 0.25) is 11.8 Å². The van der Waals surface area contributed by atoms with Crippen LogP contribution in [0.4, 0.5) is 0 Å². The first-order valence-electron chi connectivity index (χ1n) is 8.89. The first-order chi connectivity index (χ1) is 13.1. The summed E-state index contributed by atoms with van der Waals surface area (Å²) in [5, 5.41) is 6.90. The highest BCUT2D eigenvalue weighted by atomic mass is 16.2. The van der Waals surface area contributed by atoms with Crippen LogP contribution in [0.5, 0.6) is 0 Å². The lowest BCUT2D eigenvalue weighted by molar-refractivity contribution is -0.121. The van der Waals surface area contributed by atoms with Crippen molar-refractivity contribution in [3.8, 4) is 0 Å². The third-order valence-electron chi connectivity index (χ3n) is 4.51. The molecular formula is C22H23N3O2. The Morgan fingerprint density at radius 1 is 1.11 bits per heavy atom. The summed E-state index contributed by atoms with van der Waals surface area (Å²) in [6.45, 7) is 6.12. The van der Waals surface area contributed by atoms with Crippen LogP contribution in [0.1, 0.15) is 24.1 Å². The molecule has 1 atom stereocenters. The van der Waals surface area contributed by atoms with E-state index in [9.17, 15) is 9.59 Å². The average Bonchev–Trinajstić information content (AvgIpc) is 3.09. The monoisotopic (exact) mass is 361 g/mol. The van der Waals surface area contributed by atoms with Gasteiger partial charge < -0.3 is 15.2 Å². The van der Waals surface area contributed by atoms with E-state index in [-0.39, 0.29) is 24.4 Å². The van der Waals surface area contributed by atoms with Crippen molar-refractivity contribution in [1.82, 2.24) is 15.2 Å². The van der Waals surface area contributed by atoms with E-state index in [1.54, 1.807) is 0 Å². The predicted octanol–water partition coefficient (Wildman–Crippen LogP) is 3.32. The number of hydrogen-bond acceptors (Lipinski definition) is 2. The summed E-state index contributed by atoms with van der Waals surface area (Å²) < 4.78 is 1.94. The van der Waals surface area contributed by atoms with Gasteiger partial charge in [-0.2, -0.15) is 0 Å². The number of aromatic nitrogens is 1. The Bertz CT molecular complexity index is 957. The van der Waals surface area contributed by atoms with Gasteiger partial charge in [-0.15, -0.1) is 0 Å². The Hall–Kier alpha value is -3.34. The summed E-state index contributed by atoms with van der Waals surface area (Å²) >= 11 is 0. The summed E-state index contributed by atoms with van der Waals surface area (Å²) in [6, 6.07) is 17.7. The molecule has 2 amide bonds. The molecule has 0 radical (unpaired) electrons. The molecule has 2 N–H and O–H groups in total.